The van der Waals surface area contributed by atoms with Crippen LogP contribution in [-0.2, 0) is 0 Å². The number of hydrogen-bond acceptors (Lipinski definition) is 6. The van der Waals surface area contributed by atoms with Gasteiger partial charge in [0, 0.05) is 40.9 Å². The number of aromatic hydroxyl groups is 1. The molecule has 0 radical (unpaired) electrons. The van der Waals surface area contributed by atoms with Gasteiger partial charge in [0.2, 0.25) is 0 Å². The van der Waals surface area contributed by atoms with Crippen LogP contribution in [0.2, 0.25) is 0 Å². The van der Waals surface area contributed by atoms with Crippen molar-refractivity contribution in [2.24, 2.45) is 5.73 Å². The van der Waals surface area contributed by atoms with Gasteiger partial charge >= 0.3 is 5.97 Å². The molecule has 0 fully saturated rings. The van der Waals surface area contributed by atoms with E-state index in [9.17, 15) is 19.8 Å². The normalized spacial score (nSPS) is 11.0. The highest BCUT2D eigenvalue weighted by molar-refractivity contribution is 7.80. The second-order valence-electron chi connectivity index (χ2n) is 7.76. The number of carboxylic acid groups (broad SMARTS) is 1. The van der Waals surface area contributed by atoms with Crippen molar-refractivity contribution in [3.63, 3.8) is 0 Å². The third kappa shape index (κ3) is 4.85. The topological polar surface area (TPSA) is 138 Å². The maximum atomic E-state index is 12.3. The lowest BCUT2D eigenvalue weighted by atomic mass is 9.90. The molecule has 0 spiro atoms. The first kappa shape index (κ1) is 23.2. The van der Waals surface area contributed by atoms with Gasteiger partial charge in [-0.15, -0.1) is 0 Å². The molecule has 0 amide bonds. The van der Waals surface area contributed by atoms with Gasteiger partial charge in [-0.1, -0.05) is 6.07 Å². The van der Waals surface area contributed by atoms with Gasteiger partial charge in [-0.2, -0.15) is 0 Å². The minimum Gasteiger partial charge on any atom is -0.508 e. The van der Waals surface area contributed by atoms with Crippen LogP contribution in [0.15, 0.2) is 63.8 Å². The Morgan fingerprint density at radius 3 is 2.59 bits per heavy atom. The quantitative estimate of drug-likeness (QED) is 0.152. The standard InChI is InChI=1S/C25H23N3O5S/c26-9-1-2-10-27-25(34)28-14-3-6-17(20(11-14)24(31)32)23-18-7-4-15(29)12-21(18)33-22-13-16(30)5-8-19(22)23/h3-8,11-13,29H,1-2,9-10,26H2,(H,31,32)(H2,27,28,34). The fourth-order valence-electron chi connectivity index (χ4n) is 3.81. The number of hydrogen-bond donors (Lipinski definition) is 5. The summed E-state index contributed by atoms with van der Waals surface area (Å²) < 4.78 is 5.85. The average molecular weight is 478 g/mol. The van der Waals surface area contributed by atoms with Gasteiger partial charge in [0.05, 0.1) is 5.56 Å². The molecule has 6 N–H and O–H groups in total. The Morgan fingerprint density at radius 2 is 1.82 bits per heavy atom. The van der Waals surface area contributed by atoms with Gasteiger partial charge < -0.3 is 31.0 Å². The molecular formula is C25H23N3O5S. The third-order valence-electron chi connectivity index (χ3n) is 5.37. The van der Waals surface area contributed by atoms with Crippen LogP contribution in [0.1, 0.15) is 23.2 Å². The largest absolute Gasteiger partial charge is 0.508 e. The van der Waals surface area contributed by atoms with Crippen LogP contribution in [0.4, 0.5) is 5.69 Å². The second-order valence-corrected chi connectivity index (χ2v) is 8.17. The molecule has 0 unspecified atom stereocenters. The molecule has 1 aliphatic carbocycles. The van der Waals surface area contributed by atoms with E-state index >= 15 is 0 Å². The van der Waals surface area contributed by atoms with E-state index in [1.54, 1.807) is 24.3 Å². The molecule has 0 atom stereocenters. The molecule has 0 bridgehead atoms. The van der Waals surface area contributed by atoms with Crippen LogP contribution < -0.4 is 21.8 Å². The van der Waals surface area contributed by atoms with Crippen LogP contribution in [0, 0.1) is 0 Å². The summed E-state index contributed by atoms with van der Waals surface area (Å²) in [5.74, 6) is -0.839. The fraction of sp³-hybridized carbons (Fsp3) is 0.160. The van der Waals surface area contributed by atoms with Crippen molar-refractivity contribution in [2.45, 2.75) is 12.8 Å². The van der Waals surface area contributed by atoms with Crippen molar-refractivity contribution < 1.29 is 19.4 Å². The number of nitrogens with two attached hydrogens (primary N) is 1. The second kappa shape index (κ2) is 9.90. The first-order chi connectivity index (χ1) is 16.4. The number of fused-ring (bicyclic) bond motifs is 2. The van der Waals surface area contributed by atoms with Crippen molar-refractivity contribution in [3.8, 4) is 28.2 Å². The van der Waals surface area contributed by atoms with E-state index in [2.05, 4.69) is 10.6 Å². The number of phenols is 1. The summed E-state index contributed by atoms with van der Waals surface area (Å²) in [4.78, 5) is 24.2. The van der Waals surface area contributed by atoms with Crippen molar-refractivity contribution >= 4 is 40.0 Å². The van der Waals surface area contributed by atoms with Gasteiger partial charge in [-0.05, 0) is 73.6 Å². The average Bonchev–Trinajstić information content (AvgIpc) is 2.80. The molecular weight excluding hydrogens is 454 g/mol. The van der Waals surface area contributed by atoms with Crippen LogP contribution in [-0.4, -0.2) is 34.4 Å². The number of benzene rings is 3. The van der Waals surface area contributed by atoms with Gasteiger partial charge in [-0.25, -0.2) is 4.79 Å². The SMILES string of the molecule is NCCCCNC(=S)Nc1ccc(-c2c3ccc(=O)cc-3oc3cc(O)ccc23)c(C(=O)O)c1. The maximum absolute atomic E-state index is 12.3. The summed E-state index contributed by atoms with van der Waals surface area (Å²) >= 11 is 5.31. The summed E-state index contributed by atoms with van der Waals surface area (Å²) in [6.45, 7) is 1.27. The molecule has 2 aromatic carbocycles. The molecule has 0 aromatic heterocycles. The zero-order valence-electron chi connectivity index (χ0n) is 18.1. The Balaban J connectivity index is 1.81. The maximum Gasteiger partial charge on any atom is 0.336 e. The van der Waals surface area contributed by atoms with Crippen molar-refractivity contribution in [1.82, 2.24) is 5.32 Å². The minimum atomic E-state index is -1.12. The molecule has 8 nitrogen and oxygen atoms in total. The molecule has 4 rings (SSSR count). The van der Waals surface area contributed by atoms with Gasteiger partial charge in [0.1, 0.15) is 17.1 Å². The van der Waals surface area contributed by atoms with Gasteiger partial charge in [-0.3, -0.25) is 4.79 Å². The molecule has 34 heavy (non-hydrogen) atoms. The summed E-state index contributed by atoms with van der Waals surface area (Å²) in [5.41, 5.74) is 7.75. The number of rotatable bonds is 7. The molecule has 0 saturated heterocycles. The van der Waals surface area contributed by atoms with Gasteiger partial charge in [0.15, 0.2) is 10.5 Å². The Bertz CT molecular complexity index is 1420. The summed E-state index contributed by atoms with van der Waals surface area (Å²) in [6.07, 6.45) is 1.75. The predicted molar refractivity (Wildman–Crippen MR) is 136 cm³/mol. The highest BCUT2D eigenvalue weighted by atomic mass is 32.1. The number of nitrogens with one attached hydrogen (secondary N) is 2. The van der Waals surface area contributed by atoms with E-state index in [-0.39, 0.29) is 16.7 Å². The van der Waals surface area contributed by atoms with Crippen LogP contribution >= 0.6 is 12.2 Å². The highest BCUT2D eigenvalue weighted by Crippen LogP contribution is 2.42. The van der Waals surface area contributed by atoms with Crippen molar-refractivity contribution in [3.05, 3.63) is 70.4 Å². The lowest BCUT2D eigenvalue weighted by Gasteiger charge is -2.18. The van der Waals surface area contributed by atoms with E-state index in [1.165, 1.54) is 30.3 Å². The monoisotopic (exact) mass is 477 g/mol. The number of phenolic OH excluding ortho intramolecular Hbond substituents is 1. The molecule has 9 heteroatoms. The fourth-order valence-corrected chi connectivity index (χ4v) is 4.03. The number of anilines is 1. The summed E-state index contributed by atoms with van der Waals surface area (Å²) in [6, 6.07) is 13.9. The van der Waals surface area contributed by atoms with E-state index in [1.807, 2.05) is 0 Å². The zero-order valence-corrected chi connectivity index (χ0v) is 18.9. The van der Waals surface area contributed by atoms with Crippen LogP contribution in [0.3, 0.4) is 0 Å². The number of thiocarbonyl (C=S) groups is 1. The molecule has 2 aliphatic rings. The first-order valence-electron chi connectivity index (χ1n) is 10.7. The third-order valence-corrected chi connectivity index (χ3v) is 5.62. The molecule has 1 heterocycles. The van der Waals surface area contributed by atoms with E-state index in [4.69, 9.17) is 22.4 Å². The number of unbranched alkanes of at least 4 members (excludes halogenated alkanes) is 1. The lowest BCUT2D eigenvalue weighted by Crippen LogP contribution is -2.29. The Morgan fingerprint density at radius 1 is 1.03 bits per heavy atom. The molecule has 0 saturated carbocycles. The minimum absolute atomic E-state index is 0.00897. The van der Waals surface area contributed by atoms with Gasteiger partial charge in [0.25, 0.3) is 0 Å². The predicted octanol–water partition coefficient (Wildman–Crippen LogP) is 3.99. The van der Waals surface area contributed by atoms with E-state index < -0.39 is 5.97 Å². The molecule has 174 valence electrons. The van der Waals surface area contributed by atoms with Crippen LogP contribution in [0.5, 0.6) is 5.75 Å². The molecule has 2 aromatic rings. The Kier molecular flexibility index (Phi) is 6.76. The summed E-state index contributed by atoms with van der Waals surface area (Å²) in [5, 5.41) is 27.0. The number of carbonyl (C=O) groups is 1. The van der Waals surface area contributed by atoms with E-state index in [0.717, 1.165) is 12.8 Å². The smallest absolute Gasteiger partial charge is 0.336 e. The molecule has 1 aliphatic heterocycles. The van der Waals surface area contributed by atoms with Crippen molar-refractivity contribution in [1.29, 1.82) is 0 Å². The van der Waals surface area contributed by atoms with Crippen LogP contribution in [0.25, 0.3) is 33.4 Å². The Hall–Kier alpha value is -3.95. The van der Waals surface area contributed by atoms with E-state index in [0.29, 0.717) is 57.3 Å². The highest BCUT2D eigenvalue weighted by Gasteiger charge is 2.22. The Labute approximate surface area is 200 Å². The first-order valence-corrected chi connectivity index (χ1v) is 11.1. The number of aromatic carboxylic acids is 1. The lowest BCUT2D eigenvalue weighted by molar-refractivity contribution is 0.0697. The van der Waals surface area contributed by atoms with Crippen molar-refractivity contribution in [2.75, 3.05) is 18.4 Å². The zero-order chi connectivity index (χ0) is 24.2. The number of carboxylic acids is 1. The summed E-state index contributed by atoms with van der Waals surface area (Å²) in [7, 11) is 0.